The molecule has 40 heavy (non-hydrogen) atoms. The van der Waals surface area contributed by atoms with Gasteiger partial charge in [-0.1, -0.05) is 65.7 Å². The van der Waals surface area contributed by atoms with Crippen molar-refractivity contribution in [1.82, 2.24) is 10.2 Å². The highest BCUT2D eigenvalue weighted by molar-refractivity contribution is 5.76. The van der Waals surface area contributed by atoms with Crippen LogP contribution in [-0.2, 0) is 14.3 Å². The topological polar surface area (TPSA) is 50.8 Å². The van der Waals surface area contributed by atoms with E-state index in [4.69, 9.17) is 9.47 Å². The highest BCUT2D eigenvalue weighted by atomic mass is 16.6. The Morgan fingerprint density at radius 3 is 2.25 bits per heavy atom. The van der Waals surface area contributed by atoms with Gasteiger partial charge in [0.1, 0.15) is 5.60 Å². The summed E-state index contributed by atoms with van der Waals surface area (Å²) >= 11 is 0. The van der Waals surface area contributed by atoms with E-state index in [1.807, 2.05) is 0 Å². The zero-order chi connectivity index (χ0) is 27.7. The fraction of sp³-hybridized carbons (Fsp3) is 0.971. The van der Waals surface area contributed by atoms with Crippen LogP contribution < -0.4 is 5.32 Å². The molecule has 228 valence electrons. The zero-order valence-electron chi connectivity index (χ0n) is 26.1. The highest BCUT2D eigenvalue weighted by Gasteiger charge is 2.69. The van der Waals surface area contributed by atoms with Gasteiger partial charge in [-0.2, -0.15) is 0 Å². The van der Waals surface area contributed by atoms with Gasteiger partial charge in [-0.05, 0) is 89.6 Å². The molecule has 2 saturated heterocycles. The molecule has 6 aliphatic rings. The van der Waals surface area contributed by atoms with Crippen LogP contribution in [0.25, 0.3) is 0 Å². The summed E-state index contributed by atoms with van der Waals surface area (Å²) in [7, 11) is 0. The molecular weight excluding hydrogens is 496 g/mol. The molecule has 1 spiro atoms. The van der Waals surface area contributed by atoms with Crippen molar-refractivity contribution in [2.45, 2.75) is 172 Å². The van der Waals surface area contributed by atoms with E-state index in [9.17, 15) is 4.79 Å². The summed E-state index contributed by atoms with van der Waals surface area (Å²) in [6.45, 7) is 9.54. The Kier molecular flexibility index (Phi) is 9.50. The van der Waals surface area contributed by atoms with Crippen molar-refractivity contribution in [1.29, 1.82) is 0 Å². The number of carbonyl (C=O) groups excluding carboxylic acids is 1. The largest absolute Gasteiger partial charge is 0.458 e. The zero-order valence-corrected chi connectivity index (χ0v) is 26.1. The van der Waals surface area contributed by atoms with Crippen LogP contribution in [0.3, 0.4) is 0 Å². The van der Waals surface area contributed by atoms with Crippen LogP contribution in [0.5, 0.6) is 0 Å². The molecule has 4 aliphatic carbocycles. The summed E-state index contributed by atoms with van der Waals surface area (Å²) in [5, 5.41) is 4.16. The van der Waals surface area contributed by atoms with E-state index < -0.39 is 0 Å². The number of hydrogen-bond acceptors (Lipinski definition) is 5. The number of hydrogen-bond donors (Lipinski definition) is 1. The first-order valence-corrected chi connectivity index (χ1v) is 17.9. The molecule has 0 bridgehead atoms. The SMILES string of the molecule is CCCCN(CCCC)C1CCC2C(C1)OC1CC(C)C(NC3CCCCC3)CC1C21OC(=O)C2CCCCC21. The molecule has 5 heteroatoms. The number of esters is 1. The van der Waals surface area contributed by atoms with Gasteiger partial charge in [-0.15, -0.1) is 0 Å². The lowest BCUT2D eigenvalue weighted by Gasteiger charge is -2.61. The Balaban J connectivity index is 1.27. The average Bonchev–Trinajstić information content (AvgIpc) is 3.27. The standard InChI is InChI=1S/C35H60N2O3/c1-4-6-19-37(20-7-5-2)26-17-18-29-33(22-26)39-32-21-24(3)31(36-25-13-9-8-10-14-25)23-30(32)35(29)28-16-12-11-15-27(28)34(38)40-35/h24-33,36H,4-23H2,1-3H3. The van der Waals surface area contributed by atoms with Crippen molar-refractivity contribution in [3.05, 3.63) is 0 Å². The van der Waals surface area contributed by atoms with Gasteiger partial charge in [0, 0.05) is 35.9 Å². The summed E-state index contributed by atoms with van der Waals surface area (Å²) in [6, 6.07) is 1.82. The molecule has 0 amide bonds. The summed E-state index contributed by atoms with van der Waals surface area (Å²) in [4.78, 5) is 16.4. The second kappa shape index (κ2) is 12.9. The molecule has 10 unspecified atom stereocenters. The van der Waals surface area contributed by atoms with Crippen molar-refractivity contribution >= 4 is 5.97 Å². The van der Waals surface area contributed by atoms with Crippen molar-refractivity contribution in [2.75, 3.05) is 13.1 Å². The monoisotopic (exact) mass is 556 g/mol. The smallest absolute Gasteiger partial charge is 0.309 e. The first-order chi connectivity index (χ1) is 19.5. The van der Waals surface area contributed by atoms with Gasteiger partial charge in [-0.25, -0.2) is 0 Å². The predicted octanol–water partition coefficient (Wildman–Crippen LogP) is 7.26. The second-order valence-corrected chi connectivity index (χ2v) is 15.0. The van der Waals surface area contributed by atoms with E-state index in [1.54, 1.807) is 0 Å². The Morgan fingerprint density at radius 1 is 0.800 bits per heavy atom. The number of rotatable bonds is 9. The second-order valence-electron chi connectivity index (χ2n) is 15.0. The minimum atomic E-state index is -0.287. The molecule has 6 fully saturated rings. The van der Waals surface area contributed by atoms with E-state index in [0.717, 1.165) is 25.7 Å². The Morgan fingerprint density at radius 2 is 1.50 bits per heavy atom. The van der Waals surface area contributed by atoms with Crippen LogP contribution in [0.4, 0.5) is 0 Å². The van der Waals surface area contributed by atoms with E-state index in [1.165, 1.54) is 103 Å². The van der Waals surface area contributed by atoms with Crippen molar-refractivity contribution in [3.8, 4) is 0 Å². The molecule has 2 aliphatic heterocycles. The molecule has 1 N–H and O–H groups in total. The Labute approximate surface area is 245 Å². The van der Waals surface area contributed by atoms with Crippen molar-refractivity contribution in [3.63, 3.8) is 0 Å². The minimum absolute atomic E-state index is 0.139. The normalized spacial score (nSPS) is 43.8. The number of carbonyl (C=O) groups is 1. The molecule has 10 atom stereocenters. The van der Waals surface area contributed by atoms with Gasteiger partial charge in [0.2, 0.25) is 0 Å². The summed E-state index contributed by atoms with van der Waals surface area (Å²) in [5.74, 6) is 2.05. The maximum Gasteiger partial charge on any atom is 0.309 e. The summed E-state index contributed by atoms with van der Waals surface area (Å²) in [6.07, 6.45) is 22.9. The van der Waals surface area contributed by atoms with E-state index in [2.05, 4.69) is 31.0 Å². The van der Waals surface area contributed by atoms with Gasteiger partial charge in [0.05, 0.1) is 18.1 Å². The van der Waals surface area contributed by atoms with Gasteiger partial charge < -0.3 is 19.7 Å². The third-order valence-electron chi connectivity index (χ3n) is 12.6. The van der Waals surface area contributed by atoms with Crippen LogP contribution in [0.15, 0.2) is 0 Å². The van der Waals surface area contributed by atoms with Gasteiger partial charge >= 0.3 is 5.97 Å². The summed E-state index contributed by atoms with van der Waals surface area (Å²) < 4.78 is 14.2. The number of nitrogens with zero attached hydrogens (tertiary/aromatic N) is 1. The fourth-order valence-corrected chi connectivity index (χ4v) is 10.6. The van der Waals surface area contributed by atoms with E-state index in [-0.39, 0.29) is 29.7 Å². The number of nitrogens with one attached hydrogen (secondary N) is 1. The average molecular weight is 557 g/mol. The molecule has 0 radical (unpaired) electrons. The fourth-order valence-electron chi connectivity index (χ4n) is 10.6. The van der Waals surface area contributed by atoms with Gasteiger partial charge in [-0.3, -0.25) is 4.79 Å². The molecule has 0 aromatic heterocycles. The van der Waals surface area contributed by atoms with Crippen molar-refractivity contribution in [2.24, 2.45) is 29.6 Å². The molecule has 0 aromatic carbocycles. The number of ether oxygens (including phenoxy) is 2. The predicted molar refractivity (Wildman–Crippen MR) is 161 cm³/mol. The summed E-state index contributed by atoms with van der Waals surface area (Å²) in [5.41, 5.74) is -0.287. The van der Waals surface area contributed by atoms with Crippen LogP contribution in [-0.4, -0.2) is 59.9 Å². The van der Waals surface area contributed by atoms with Crippen molar-refractivity contribution < 1.29 is 14.3 Å². The minimum Gasteiger partial charge on any atom is -0.458 e. The molecule has 4 saturated carbocycles. The third-order valence-corrected chi connectivity index (χ3v) is 12.6. The molecule has 2 heterocycles. The van der Waals surface area contributed by atoms with E-state index in [0.29, 0.717) is 41.8 Å². The number of unbranched alkanes of at least 4 members (excludes halogenated alkanes) is 2. The molecule has 0 aromatic rings. The molecule has 6 rings (SSSR count). The molecule has 5 nitrogen and oxygen atoms in total. The van der Waals surface area contributed by atoms with Crippen LogP contribution in [0, 0.1) is 29.6 Å². The van der Waals surface area contributed by atoms with Gasteiger partial charge in [0.15, 0.2) is 0 Å². The maximum atomic E-state index is 13.6. The molecular formula is C35H60N2O3. The first kappa shape index (κ1) is 29.4. The quantitative estimate of drug-likeness (QED) is 0.303. The first-order valence-electron chi connectivity index (χ1n) is 17.9. The lowest BCUT2D eigenvalue weighted by molar-refractivity contribution is -0.265. The Bertz CT molecular complexity index is 836. The third kappa shape index (κ3) is 5.54. The Hall–Kier alpha value is -0.650. The van der Waals surface area contributed by atoms with Gasteiger partial charge in [0.25, 0.3) is 0 Å². The van der Waals surface area contributed by atoms with E-state index >= 15 is 0 Å². The lowest BCUT2D eigenvalue weighted by atomic mass is 9.53. The van der Waals surface area contributed by atoms with Crippen LogP contribution >= 0.6 is 0 Å². The van der Waals surface area contributed by atoms with Crippen LogP contribution in [0.1, 0.15) is 136 Å². The highest BCUT2D eigenvalue weighted by Crippen LogP contribution is 2.62. The number of fused-ring (bicyclic) bond motifs is 6. The van der Waals surface area contributed by atoms with Crippen LogP contribution in [0.2, 0.25) is 0 Å². The maximum absolute atomic E-state index is 13.6. The lowest BCUT2D eigenvalue weighted by Crippen LogP contribution is -2.68.